The van der Waals surface area contributed by atoms with Gasteiger partial charge in [-0.3, -0.25) is 4.79 Å². The van der Waals surface area contributed by atoms with Gasteiger partial charge in [-0.05, 0) is 19.1 Å². The number of aryl methyl sites for hydroxylation is 2. The number of carbonyl (C=O) groups is 1. The maximum absolute atomic E-state index is 11.4. The predicted molar refractivity (Wildman–Crippen MR) is 67.4 cm³/mol. The zero-order valence-corrected chi connectivity index (χ0v) is 10.2. The number of hydrogen-bond acceptors (Lipinski definition) is 4. The molecule has 1 heterocycles. The standard InChI is InChI=1S/C12H14N4O2/c1-7-10(11(14)17)12(16(2)15-7)18-9-5-3-4-8(13)6-9/h3-6H,13H2,1-2H3,(H2,14,17). The van der Waals surface area contributed by atoms with Crippen LogP contribution in [0, 0.1) is 6.92 Å². The van der Waals surface area contributed by atoms with Crippen LogP contribution in [-0.2, 0) is 7.05 Å². The maximum Gasteiger partial charge on any atom is 0.256 e. The van der Waals surface area contributed by atoms with Crippen LogP contribution in [0.1, 0.15) is 16.1 Å². The second-order valence-corrected chi connectivity index (χ2v) is 3.93. The van der Waals surface area contributed by atoms with E-state index in [1.54, 1.807) is 38.2 Å². The van der Waals surface area contributed by atoms with E-state index in [4.69, 9.17) is 16.2 Å². The van der Waals surface area contributed by atoms with E-state index in [-0.39, 0.29) is 5.56 Å². The van der Waals surface area contributed by atoms with Crippen molar-refractivity contribution in [3.8, 4) is 11.6 Å². The Morgan fingerprint density at radius 1 is 1.44 bits per heavy atom. The smallest absolute Gasteiger partial charge is 0.256 e. The Morgan fingerprint density at radius 2 is 2.17 bits per heavy atom. The Labute approximate surface area is 104 Å². The maximum atomic E-state index is 11.4. The van der Waals surface area contributed by atoms with E-state index in [1.165, 1.54) is 4.68 Å². The zero-order valence-electron chi connectivity index (χ0n) is 10.2. The van der Waals surface area contributed by atoms with Crippen LogP contribution in [0.5, 0.6) is 11.6 Å². The summed E-state index contributed by atoms with van der Waals surface area (Å²) in [5.74, 6) is 0.269. The number of aromatic nitrogens is 2. The van der Waals surface area contributed by atoms with E-state index in [0.717, 1.165) is 0 Å². The molecule has 0 radical (unpaired) electrons. The fraction of sp³-hybridized carbons (Fsp3) is 0.167. The summed E-state index contributed by atoms with van der Waals surface area (Å²) in [6.45, 7) is 1.70. The molecule has 6 heteroatoms. The van der Waals surface area contributed by atoms with Crippen molar-refractivity contribution in [3.63, 3.8) is 0 Å². The van der Waals surface area contributed by atoms with Crippen LogP contribution in [0.15, 0.2) is 24.3 Å². The lowest BCUT2D eigenvalue weighted by Gasteiger charge is -2.07. The van der Waals surface area contributed by atoms with Crippen LogP contribution >= 0.6 is 0 Å². The van der Waals surface area contributed by atoms with Crippen molar-refractivity contribution >= 4 is 11.6 Å². The lowest BCUT2D eigenvalue weighted by molar-refractivity contribution is 0.0997. The van der Waals surface area contributed by atoms with Gasteiger partial charge in [0.1, 0.15) is 11.3 Å². The van der Waals surface area contributed by atoms with Crippen molar-refractivity contribution in [3.05, 3.63) is 35.5 Å². The first-order valence-electron chi connectivity index (χ1n) is 5.36. The van der Waals surface area contributed by atoms with Gasteiger partial charge in [0.15, 0.2) is 0 Å². The number of nitrogens with zero attached hydrogens (tertiary/aromatic N) is 2. The molecule has 0 bridgehead atoms. The largest absolute Gasteiger partial charge is 0.438 e. The molecule has 18 heavy (non-hydrogen) atoms. The first kappa shape index (κ1) is 12.0. The summed E-state index contributed by atoms with van der Waals surface area (Å²) in [6, 6.07) is 6.91. The zero-order chi connectivity index (χ0) is 13.3. The van der Waals surface area contributed by atoms with Gasteiger partial charge in [-0.1, -0.05) is 6.07 Å². The molecule has 0 fully saturated rings. The number of carbonyl (C=O) groups excluding carboxylic acids is 1. The highest BCUT2D eigenvalue weighted by atomic mass is 16.5. The minimum absolute atomic E-state index is 0.278. The molecule has 0 atom stereocenters. The first-order valence-corrected chi connectivity index (χ1v) is 5.36. The number of nitrogens with two attached hydrogens (primary N) is 2. The van der Waals surface area contributed by atoms with E-state index < -0.39 is 5.91 Å². The van der Waals surface area contributed by atoms with E-state index in [1.807, 2.05) is 0 Å². The van der Waals surface area contributed by atoms with Gasteiger partial charge in [-0.2, -0.15) is 5.10 Å². The van der Waals surface area contributed by atoms with Crippen molar-refractivity contribution in [2.75, 3.05) is 5.73 Å². The van der Waals surface area contributed by atoms with Crippen LogP contribution in [0.3, 0.4) is 0 Å². The van der Waals surface area contributed by atoms with Gasteiger partial charge in [0.2, 0.25) is 5.88 Å². The lowest BCUT2D eigenvalue weighted by atomic mass is 10.2. The van der Waals surface area contributed by atoms with Crippen molar-refractivity contribution in [2.45, 2.75) is 6.92 Å². The highest BCUT2D eigenvalue weighted by Gasteiger charge is 2.20. The average molecular weight is 246 g/mol. The molecule has 1 aromatic carbocycles. The Bertz CT molecular complexity index is 604. The highest BCUT2D eigenvalue weighted by molar-refractivity contribution is 5.96. The fourth-order valence-corrected chi connectivity index (χ4v) is 1.73. The van der Waals surface area contributed by atoms with Gasteiger partial charge >= 0.3 is 0 Å². The second-order valence-electron chi connectivity index (χ2n) is 3.93. The van der Waals surface area contributed by atoms with Gasteiger partial charge in [0, 0.05) is 18.8 Å². The van der Waals surface area contributed by atoms with Gasteiger partial charge in [-0.15, -0.1) is 0 Å². The molecule has 1 aromatic heterocycles. The topological polar surface area (TPSA) is 96.2 Å². The Kier molecular flexibility index (Phi) is 2.93. The van der Waals surface area contributed by atoms with Gasteiger partial charge in [0.25, 0.3) is 5.91 Å². The normalized spacial score (nSPS) is 10.3. The molecule has 0 aliphatic heterocycles. The number of amides is 1. The van der Waals surface area contributed by atoms with E-state index in [9.17, 15) is 4.79 Å². The van der Waals surface area contributed by atoms with Crippen LogP contribution in [0.25, 0.3) is 0 Å². The van der Waals surface area contributed by atoms with Crippen molar-refractivity contribution in [1.29, 1.82) is 0 Å². The highest BCUT2D eigenvalue weighted by Crippen LogP contribution is 2.27. The van der Waals surface area contributed by atoms with Crippen molar-refractivity contribution < 1.29 is 9.53 Å². The summed E-state index contributed by atoms with van der Waals surface area (Å²) >= 11 is 0. The number of primary amides is 1. The number of rotatable bonds is 3. The second kappa shape index (κ2) is 4.40. The molecule has 0 aliphatic carbocycles. The predicted octanol–water partition coefficient (Wildman–Crippen LogP) is 1.20. The fourth-order valence-electron chi connectivity index (χ4n) is 1.73. The third-order valence-corrected chi connectivity index (χ3v) is 2.49. The SMILES string of the molecule is Cc1nn(C)c(Oc2cccc(N)c2)c1C(N)=O. The molecular weight excluding hydrogens is 232 g/mol. The number of ether oxygens (including phenoxy) is 1. The Morgan fingerprint density at radius 3 is 2.78 bits per heavy atom. The Balaban J connectivity index is 2.43. The quantitative estimate of drug-likeness (QED) is 0.795. The van der Waals surface area contributed by atoms with Gasteiger partial charge in [-0.25, -0.2) is 4.68 Å². The summed E-state index contributed by atoms with van der Waals surface area (Å²) in [5, 5.41) is 4.11. The minimum Gasteiger partial charge on any atom is -0.438 e. The molecule has 0 unspecified atom stereocenters. The molecule has 1 amide bonds. The van der Waals surface area contributed by atoms with Crippen LogP contribution in [0.2, 0.25) is 0 Å². The number of hydrogen-bond donors (Lipinski definition) is 2. The molecule has 94 valence electrons. The van der Waals surface area contributed by atoms with E-state index in [0.29, 0.717) is 23.0 Å². The summed E-state index contributed by atoms with van der Waals surface area (Å²) in [5.41, 5.74) is 12.4. The summed E-state index contributed by atoms with van der Waals surface area (Å²) in [6.07, 6.45) is 0. The third kappa shape index (κ3) is 2.13. The molecule has 0 aliphatic rings. The van der Waals surface area contributed by atoms with Crippen LogP contribution < -0.4 is 16.2 Å². The number of benzene rings is 1. The van der Waals surface area contributed by atoms with Crippen molar-refractivity contribution in [2.24, 2.45) is 12.8 Å². The molecular formula is C12H14N4O2. The van der Waals surface area contributed by atoms with Crippen LogP contribution in [0.4, 0.5) is 5.69 Å². The summed E-state index contributed by atoms with van der Waals surface area (Å²) in [7, 11) is 1.68. The van der Waals surface area contributed by atoms with E-state index >= 15 is 0 Å². The molecule has 2 rings (SSSR count). The molecule has 2 aromatic rings. The van der Waals surface area contributed by atoms with Gasteiger partial charge < -0.3 is 16.2 Å². The molecule has 0 spiro atoms. The number of nitrogen functional groups attached to an aromatic ring is 1. The first-order chi connectivity index (χ1) is 8.49. The monoisotopic (exact) mass is 246 g/mol. The molecule has 6 nitrogen and oxygen atoms in total. The van der Waals surface area contributed by atoms with Crippen LogP contribution in [-0.4, -0.2) is 15.7 Å². The molecule has 4 N–H and O–H groups in total. The van der Waals surface area contributed by atoms with Gasteiger partial charge in [0.05, 0.1) is 5.69 Å². The summed E-state index contributed by atoms with van der Waals surface area (Å²) in [4.78, 5) is 11.4. The average Bonchev–Trinajstić information content (AvgIpc) is 2.53. The Hall–Kier alpha value is -2.50. The molecule has 0 saturated carbocycles. The van der Waals surface area contributed by atoms with E-state index in [2.05, 4.69) is 5.10 Å². The molecule has 0 saturated heterocycles. The van der Waals surface area contributed by atoms with Crippen molar-refractivity contribution in [1.82, 2.24) is 9.78 Å². The lowest BCUT2D eigenvalue weighted by Crippen LogP contribution is -2.13. The summed E-state index contributed by atoms with van der Waals surface area (Å²) < 4.78 is 7.09. The third-order valence-electron chi connectivity index (χ3n) is 2.49. The minimum atomic E-state index is -0.570. The number of anilines is 1.